The second-order valence-corrected chi connectivity index (χ2v) is 21.9. The third kappa shape index (κ3) is 9.02. The molecule has 0 bridgehead atoms. The van der Waals surface area contributed by atoms with Gasteiger partial charge in [0.15, 0.2) is 34.9 Å². The minimum Gasteiger partial charge on any atom is -0.333 e. The van der Waals surface area contributed by atoms with Crippen LogP contribution in [0.4, 0.5) is 11.4 Å². The molecule has 398 valence electrons. The molecule has 4 aromatic heterocycles. The molecule has 15 rings (SSSR count). The average Bonchev–Trinajstić information content (AvgIpc) is 1.79. The molecule has 0 N–H and O–H groups in total. The number of nitrogens with zero attached hydrogens (tertiary/aromatic N) is 9. The number of benzene rings is 9. The normalized spacial score (nSPS) is 14.7. The van der Waals surface area contributed by atoms with E-state index in [2.05, 4.69) is 168 Å². The van der Waals surface area contributed by atoms with Gasteiger partial charge in [-0.15, -0.1) is 11.3 Å². The summed E-state index contributed by atoms with van der Waals surface area (Å²) in [4.78, 5) is 37.7. The van der Waals surface area contributed by atoms with Gasteiger partial charge in [0, 0.05) is 72.7 Å². The summed E-state index contributed by atoms with van der Waals surface area (Å²) >= 11 is 1.74. The Hall–Kier alpha value is -10.8. The van der Waals surface area contributed by atoms with Crippen molar-refractivity contribution in [2.75, 3.05) is 4.90 Å². The van der Waals surface area contributed by atoms with E-state index >= 15 is 0 Å². The Bertz CT molecular complexity index is 4740. The molecule has 2 aliphatic rings. The maximum absolute atomic E-state index is 5.25. The van der Waals surface area contributed by atoms with Crippen molar-refractivity contribution in [1.82, 2.24) is 39.5 Å². The van der Waals surface area contributed by atoms with Gasteiger partial charge in [-0.1, -0.05) is 195 Å². The zero-order valence-electron chi connectivity index (χ0n) is 45.7. The molecule has 10 heteroatoms. The van der Waals surface area contributed by atoms with Crippen LogP contribution in [0.5, 0.6) is 0 Å². The Morgan fingerprint density at radius 3 is 1.61 bits per heavy atom. The predicted molar refractivity (Wildman–Crippen MR) is 345 cm³/mol. The number of hydrogen-bond donors (Lipinski definition) is 0. The second-order valence-electron chi connectivity index (χ2n) is 20.9. The third-order valence-corrected chi connectivity index (χ3v) is 16.9. The molecule has 1 aliphatic heterocycles. The molecule has 0 fully saturated rings. The SMILES string of the molecule is C=C(/C=C\C=C/C)c1nc(-c2ccccc2)nc(-c2ccc(N3c4ccccc4[C@H]4C=CC=C(c5ccc6c(c5)c5ccc7nc(-c8ccccc8)sc7c5n6-c5ccc(-c6nc(-c7ccccc7)nc(-c7ccccc7)n6)cc5)C43)cc2)n1. The lowest BCUT2D eigenvalue weighted by Crippen LogP contribution is -2.32. The molecule has 0 radical (unpaired) electrons. The largest absolute Gasteiger partial charge is 0.333 e. The fraction of sp³-hybridized carbons (Fsp3) is 0.0405. The number of rotatable bonds is 12. The highest BCUT2D eigenvalue weighted by molar-refractivity contribution is 7.22. The van der Waals surface area contributed by atoms with E-state index in [-0.39, 0.29) is 12.0 Å². The van der Waals surface area contributed by atoms with Gasteiger partial charge >= 0.3 is 0 Å². The summed E-state index contributed by atoms with van der Waals surface area (Å²) in [6, 6.07) is 78.3. The van der Waals surface area contributed by atoms with Crippen LogP contribution >= 0.6 is 11.3 Å². The molecule has 9 nitrogen and oxygen atoms in total. The van der Waals surface area contributed by atoms with Crippen molar-refractivity contribution in [2.45, 2.75) is 18.9 Å². The molecule has 13 aromatic rings. The number of para-hydroxylation sites is 1. The van der Waals surface area contributed by atoms with Gasteiger partial charge in [-0.3, -0.25) is 0 Å². The molecular formula is C74H51N9S. The lowest BCUT2D eigenvalue weighted by molar-refractivity contribution is 0.761. The number of aromatic nitrogens is 8. The third-order valence-electron chi connectivity index (χ3n) is 15.8. The van der Waals surface area contributed by atoms with Crippen molar-refractivity contribution in [3.05, 3.63) is 291 Å². The first-order valence-corrected chi connectivity index (χ1v) is 28.9. The molecule has 0 saturated heterocycles. The Kier molecular flexibility index (Phi) is 12.7. The first-order chi connectivity index (χ1) is 41.5. The molecule has 84 heavy (non-hydrogen) atoms. The van der Waals surface area contributed by atoms with Crippen LogP contribution in [0.25, 0.3) is 116 Å². The van der Waals surface area contributed by atoms with E-state index in [0.717, 1.165) is 87.3 Å². The fourth-order valence-corrected chi connectivity index (χ4v) is 12.9. The van der Waals surface area contributed by atoms with Gasteiger partial charge in [0.2, 0.25) is 0 Å². The van der Waals surface area contributed by atoms with E-state index in [1.807, 2.05) is 122 Å². The Morgan fingerprint density at radius 1 is 0.488 bits per heavy atom. The van der Waals surface area contributed by atoms with Gasteiger partial charge < -0.3 is 9.47 Å². The molecule has 5 heterocycles. The number of allylic oxidation sites excluding steroid dienone is 7. The van der Waals surface area contributed by atoms with E-state index in [1.165, 1.54) is 16.8 Å². The lowest BCUT2D eigenvalue weighted by Gasteiger charge is -2.33. The van der Waals surface area contributed by atoms with Gasteiger partial charge in [0.1, 0.15) is 5.01 Å². The van der Waals surface area contributed by atoms with Crippen molar-refractivity contribution in [3.63, 3.8) is 0 Å². The predicted octanol–water partition coefficient (Wildman–Crippen LogP) is 18.2. The van der Waals surface area contributed by atoms with Crippen LogP contribution < -0.4 is 4.90 Å². The van der Waals surface area contributed by atoms with Gasteiger partial charge in [0.25, 0.3) is 0 Å². The molecule has 0 amide bonds. The van der Waals surface area contributed by atoms with Crippen molar-refractivity contribution in [1.29, 1.82) is 0 Å². The fourth-order valence-electron chi connectivity index (χ4n) is 11.8. The minimum atomic E-state index is -0.0285. The summed E-state index contributed by atoms with van der Waals surface area (Å²) in [6.07, 6.45) is 14.7. The molecular weight excluding hydrogens is 1050 g/mol. The van der Waals surface area contributed by atoms with Crippen LogP contribution in [0, 0.1) is 0 Å². The zero-order chi connectivity index (χ0) is 56.1. The average molecular weight is 1100 g/mol. The number of hydrogen-bond acceptors (Lipinski definition) is 9. The summed E-state index contributed by atoms with van der Waals surface area (Å²) in [5, 5.41) is 3.30. The Labute approximate surface area is 490 Å². The van der Waals surface area contributed by atoms with E-state index in [0.29, 0.717) is 40.5 Å². The van der Waals surface area contributed by atoms with Crippen molar-refractivity contribution < 1.29 is 0 Å². The smallest absolute Gasteiger partial charge is 0.164 e. The second kappa shape index (κ2) is 21.3. The molecule has 0 saturated carbocycles. The Morgan fingerprint density at radius 2 is 1.01 bits per heavy atom. The van der Waals surface area contributed by atoms with Gasteiger partial charge in [-0.25, -0.2) is 34.9 Å². The van der Waals surface area contributed by atoms with E-state index < -0.39 is 0 Å². The van der Waals surface area contributed by atoms with E-state index in [4.69, 9.17) is 34.9 Å². The summed E-state index contributed by atoms with van der Waals surface area (Å²) in [5.74, 6) is 3.68. The Balaban J connectivity index is 0.836. The van der Waals surface area contributed by atoms with Gasteiger partial charge in [0.05, 0.1) is 27.3 Å². The molecule has 9 aromatic carbocycles. The van der Waals surface area contributed by atoms with Crippen LogP contribution in [0.3, 0.4) is 0 Å². The highest BCUT2D eigenvalue weighted by Crippen LogP contribution is 2.52. The van der Waals surface area contributed by atoms with Crippen LogP contribution in [0.1, 0.15) is 29.8 Å². The number of fused-ring (bicyclic) bond motifs is 8. The van der Waals surface area contributed by atoms with Gasteiger partial charge in [-0.05, 0) is 102 Å². The van der Waals surface area contributed by atoms with Crippen LogP contribution in [0.2, 0.25) is 0 Å². The van der Waals surface area contributed by atoms with Crippen LogP contribution in [-0.2, 0) is 0 Å². The van der Waals surface area contributed by atoms with Crippen LogP contribution in [-0.4, -0.2) is 45.5 Å². The highest BCUT2D eigenvalue weighted by atomic mass is 32.1. The highest BCUT2D eigenvalue weighted by Gasteiger charge is 2.41. The first-order valence-electron chi connectivity index (χ1n) is 28.1. The van der Waals surface area contributed by atoms with Crippen molar-refractivity contribution in [2.24, 2.45) is 0 Å². The monoisotopic (exact) mass is 1100 g/mol. The number of thiazole rings is 1. The summed E-state index contributed by atoms with van der Waals surface area (Å²) in [5.41, 5.74) is 16.5. The summed E-state index contributed by atoms with van der Waals surface area (Å²) in [7, 11) is 0. The molecule has 1 unspecified atom stereocenters. The molecule has 1 aliphatic carbocycles. The lowest BCUT2D eigenvalue weighted by atomic mass is 9.83. The molecule has 2 atom stereocenters. The minimum absolute atomic E-state index is 0.0285. The van der Waals surface area contributed by atoms with Gasteiger partial charge in [-0.2, -0.15) is 0 Å². The molecule has 0 spiro atoms. The topological polar surface area (TPSA) is 98.4 Å². The first kappa shape index (κ1) is 50.2. The summed E-state index contributed by atoms with van der Waals surface area (Å²) < 4.78 is 3.54. The maximum Gasteiger partial charge on any atom is 0.164 e. The number of anilines is 2. The van der Waals surface area contributed by atoms with E-state index in [1.54, 1.807) is 11.3 Å². The zero-order valence-corrected chi connectivity index (χ0v) is 46.5. The van der Waals surface area contributed by atoms with E-state index in [9.17, 15) is 0 Å². The quantitative estimate of drug-likeness (QED) is 0.112. The van der Waals surface area contributed by atoms with Crippen LogP contribution in [0.15, 0.2) is 274 Å². The standard InChI is InChI=1S/C74H51N9S/c1-3-4-9-21-47(2)68-76-69(48-22-10-5-11-23-48)78-72(77-68)51-34-39-55(40-35-51)82-63-33-19-18-30-58(63)59-32-20-31-57(65(59)82)54-38-45-64-61(46-54)60-43-44-62-67(84-74(75-62)53-28-16-8-17-29-53)66(60)83(64)56-41-36-52(37-42-56)73-80-70(49-24-12-6-13-25-49)79-71(81-73)50-26-14-7-15-27-50/h3-46,59,65H,2H2,1H3/b4-3-,21-9-/t59-,65?/m1/s1. The van der Waals surface area contributed by atoms with Crippen molar-refractivity contribution >= 4 is 65.9 Å². The maximum atomic E-state index is 5.25. The summed E-state index contributed by atoms with van der Waals surface area (Å²) in [6.45, 7) is 6.31. The van der Waals surface area contributed by atoms with Crippen molar-refractivity contribution in [3.8, 4) is 73.2 Å².